The third kappa shape index (κ3) is 4.35. The van der Waals surface area contributed by atoms with Crippen molar-refractivity contribution in [3.05, 3.63) is 0 Å². The molecule has 0 bridgehead atoms. The first-order valence-corrected chi connectivity index (χ1v) is 11.5. The van der Waals surface area contributed by atoms with Crippen molar-refractivity contribution in [3.8, 4) is 0 Å². The average molecular weight is 262 g/mol. The zero-order valence-corrected chi connectivity index (χ0v) is 10.5. The average Bonchev–Trinajstić information content (AvgIpc) is 1.62. The Labute approximate surface area is 80.5 Å². The maximum absolute atomic E-state index is 5.61. The fraction of sp³-hybridized carbons (Fsp3) is 1.00. The van der Waals surface area contributed by atoms with Crippen LogP contribution in [0.2, 0.25) is 5.16 Å². The molecule has 0 saturated heterocycles. The largest absolute Gasteiger partial charge is 0.343 e. The zero-order chi connectivity index (χ0) is 7.65. The first kappa shape index (κ1) is 10.9. The van der Waals surface area contributed by atoms with E-state index < -0.39 is 13.4 Å². The molecule has 0 N–H and O–H groups in total. The maximum Gasteiger partial charge on any atom is 0.343 e. The van der Waals surface area contributed by atoms with Crippen molar-refractivity contribution < 1.29 is 0 Å². The summed E-state index contributed by atoms with van der Waals surface area (Å²) in [5.74, 6) is 0. The van der Waals surface area contributed by atoms with E-state index in [0.29, 0.717) is 0 Å². The van der Waals surface area contributed by atoms with Crippen LogP contribution in [-0.4, -0.2) is 13.4 Å². The van der Waals surface area contributed by atoms with Crippen LogP contribution in [0.5, 0.6) is 0 Å². The highest BCUT2D eigenvalue weighted by molar-refractivity contribution is 7.68. The molecule has 0 fully saturated rings. The van der Waals surface area contributed by atoms with Gasteiger partial charge < -0.3 is 0 Å². The van der Waals surface area contributed by atoms with Gasteiger partial charge in [0.25, 0.3) is 0 Å². The normalized spacial score (nSPS) is 16.3. The van der Waals surface area contributed by atoms with Crippen molar-refractivity contribution in [3.63, 3.8) is 0 Å². The molecule has 1 unspecified atom stereocenters. The molecule has 0 spiro atoms. The molecule has 0 aromatic rings. The summed E-state index contributed by atoms with van der Waals surface area (Å²) in [7, 11) is -1.78. The lowest BCUT2D eigenvalue weighted by Crippen LogP contribution is -2.24. The highest BCUT2D eigenvalue weighted by atomic mass is 35.8. The summed E-state index contributed by atoms with van der Waals surface area (Å²) < 4.78 is 0. The molecule has 9 heavy (non-hydrogen) atoms. The van der Waals surface area contributed by atoms with E-state index in [4.69, 9.17) is 55.4 Å². The van der Waals surface area contributed by atoms with E-state index in [-0.39, 0.29) is 5.16 Å². The van der Waals surface area contributed by atoms with Gasteiger partial charge in [0, 0.05) is 5.16 Å². The number of hydrogen-bond donors (Lipinski definition) is 0. The van der Waals surface area contributed by atoms with Gasteiger partial charge in [-0.1, -0.05) is 6.92 Å². The van der Waals surface area contributed by atoms with E-state index in [9.17, 15) is 0 Å². The van der Waals surface area contributed by atoms with Gasteiger partial charge in [0.2, 0.25) is 7.42 Å². The first-order valence-electron chi connectivity index (χ1n) is 2.20. The quantitative estimate of drug-likeness (QED) is 0.529. The summed E-state index contributed by atoms with van der Waals surface area (Å²) in [5, 5.41) is -0.0779. The van der Waals surface area contributed by atoms with Gasteiger partial charge in [-0.15, -0.1) is 33.2 Å². The minimum Gasteiger partial charge on any atom is -0.150 e. The second-order valence-electron chi connectivity index (χ2n) is 1.66. The van der Waals surface area contributed by atoms with Gasteiger partial charge in [0.05, 0.1) is 0 Å². The summed E-state index contributed by atoms with van der Waals surface area (Å²) in [6.45, 7) is 1.79. The minimum atomic E-state index is -2.61. The Bertz CT molecular complexity index is 87.4. The van der Waals surface area contributed by atoms with E-state index in [1.807, 2.05) is 0 Å². The van der Waals surface area contributed by atoms with Crippen molar-refractivity contribution in [2.45, 2.75) is 12.1 Å². The van der Waals surface area contributed by atoms with Crippen LogP contribution in [0.4, 0.5) is 0 Å². The molecule has 0 rings (SSSR count). The topological polar surface area (TPSA) is 0 Å². The molecule has 0 saturated carbocycles. The van der Waals surface area contributed by atoms with Gasteiger partial charge in [-0.2, -0.15) is 22.2 Å². The zero-order valence-electron chi connectivity index (χ0n) is 4.54. The highest BCUT2D eigenvalue weighted by Gasteiger charge is 2.38. The molecule has 0 radical (unpaired) electrons. The van der Waals surface area contributed by atoms with Crippen molar-refractivity contribution in [1.29, 1.82) is 0 Å². The Hall–Kier alpha value is 1.88. The second kappa shape index (κ2) is 4.05. The summed E-state index contributed by atoms with van der Waals surface area (Å²) in [4.78, 5) is 0. The van der Waals surface area contributed by atoms with Crippen LogP contribution in [0.1, 0.15) is 6.92 Å². The molecule has 0 aliphatic heterocycles. The molecule has 0 aromatic carbocycles. The molecule has 0 heterocycles. The highest BCUT2D eigenvalue weighted by Crippen LogP contribution is 2.37. The van der Waals surface area contributed by atoms with Gasteiger partial charge in [-0.25, -0.2) is 0 Å². The van der Waals surface area contributed by atoms with E-state index in [1.165, 1.54) is 0 Å². The number of hydrogen-bond acceptors (Lipinski definition) is 0. The van der Waals surface area contributed by atoms with Gasteiger partial charge in [-0.05, 0) is 0 Å². The van der Waals surface area contributed by atoms with Crippen molar-refractivity contribution in [2.75, 3.05) is 0 Å². The first-order chi connectivity index (χ1) is 3.85. The molecule has 1 atom stereocenters. The van der Waals surface area contributed by atoms with Crippen LogP contribution in [0.3, 0.4) is 0 Å². The fourth-order valence-electron chi connectivity index (χ4n) is 0.143. The van der Waals surface area contributed by atoms with Crippen molar-refractivity contribution in [2.24, 2.45) is 0 Å². The van der Waals surface area contributed by atoms with E-state index in [2.05, 4.69) is 0 Å². The van der Waals surface area contributed by atoms with Gasteiger partial charge in [-0.3, -0.25) is 0 Å². The third-order valence-corrected chi connectivity index (χ3v) is 13.7. The lowest BCUT2D eigenvalue weighted by Gasteiger charge is -2.16. The lowest BCUT2D eigenvalue weighted by molar-refractivity contribution is 1.33. The number of halogens is 5. The van der Waals surface area contributed by atoms with Crippen LogP contribution < -0.4 is 0 Å². The van der Waals surface area contributed by atoms with Gasteiger partial charge in [0.1, 0.15) is 0 Å². The third-order valence-electron chi connectivity index (χ3n) is 0.894. The molecule has 0 aromatic heterocycles. The Kier molecular flexibility index (Phi) is 4.89. The molecule has 0 amide bonds. The smallest absolute Gasteiger partial charge is 0.150 e. The molecule has 0 aliphatic carbocycles. The predicted octanol–water partition coefficient (Wildman–Crippen LogP) is 3.27. The predicted molar refractivity (Wildman–Crippen MR) is 51.6 cm³/mol. The summed E-state index contributed by atoms with van der Waals surface area (Å²) in [5.41, 5.74) is 0. The minimum absolute atomic E-state index is 0.0779. The maximum atomic E-state index is 5.61. The SMILES string of the molecule is CC([SiH](Cl)Cl)[Si](Cl)(Cl)Cl. The van der Waals surface area contributed by atoms with Gasteiger partial charge >= 0.3 is 6.00 Å². The van der Waals surface area contributed by atoms with E-state index >= 15 is 0 Å². The molecule has 56 valence electrons. The molecular formula is C2H5Cl5Si2. The summed E-state index contributed by atoms with van der Waals surface area (Å²) in [6, 6.07) is -2.61. The van der Waals surface area contributed by atoms with Crippen LogP contribution >= 0.6 is 55.4 Å². The van der Waals surface area contributed by atoms with Crippen LogP contribution in [0.25, 0.3) is 0 Å². The Morgan fingerprint density at radius 2 is 1.56 bits per heavy atom. The molecule has 0 aliphatic rings. The van der Waals surface area contributed by atoms with Crippen LogP contribution in [-0.2, 0) is 0 Å². The molecule has 0 nitrogen and oxygen atoms in total. The molecular weight excluding hydrogens is 257 g/mol. The lowest BCUT2D eigenvalue weighted by atomic mass is 11.0. The Morgan fingerprint density at radius 3 is 1.56 bits per heavy atom. The van der Waals surface area contributed by atoms with E-state index in [0.717, 1.165) is 0 Å². The van der Waals surface area contributed by atoms with Crippen LogP contribution in [0, 0.1) is 0 Å². The Balaban J connectivity index is 3.88. The molecule has 7 heteroatoms. The van der Waals surface area contributed by atoms with Crippen molar-refractivity contribution >= 4 is 68.8 Å². The fourth-order valence-corrected chi connectivity index (χ4v) is 11.6. The van der Waals surface area contributed by atoms with Gasteiger partial charge in [0.15, 0.2) is 0 Å². The summed E-state index contributed by atoms with van der Waals surface area (Å²) in [6.07, 6.45) is 0. The second-order valence-corrected chi connectivity index (χ2v) is 16.6. The Morgan fingerprint density at radius 1 is 1.22 bits per heavy atom. The van der Waals surface area contributed by atoms with E-state index in [1.54, 1.807) is 6.92 Å². The number of rotatable bonds is 2. The van der Waals surface area contributed by atoms with Crippen LogP contribution in [0.15, 0.2) is 0 Å². The summed E-state index contributed by atoms with van der Waals surface area (Å²) >= 11 is 28.0. The van der Waals surface area contributed by atoms with Crippen molar-refractivity contribution in [1.82, 2.24) is 0 Å². The monoisotopic (exact) mass is 260 g/mol. The standard InChI is InChI=1S/C2H5Cl5Si2/c1-2(8(3)4)9(5,6)7/h2,8H,1H3.